The number of hydrogen-bond donors (Lipinski definition) is 1. The Morgan fingerprint density at radius 2 is 1.85 bits per heavy atom. The summed E-state index contributed by atoms with van der Waals surface area (Å²) in [5, 5.41) is 4.66. The van der Waals surface area contributed by atoms with Crippen LogP contribution in [0.15, 0.2) is 53.5 Å². The Kier molecular flexibility index (Phi) is 6.83. The van der Waals surface area contributed by atoms with Crippen LogP contribution in [0, 0.1) is 0 Å². The van der Waals surface area contributed by atoms with Crippen LogP contribution in [0.3, 0.4) is 0 Å². The number of nitrogens with one attached hydrogen (secondary N) is 1. The molecule has 0 bridgehead atoms. The zero-order valence-electron chi connectivity index (χ0n) is 14.1. The Balaban J connectivity index is 1.65. The highest BCUT2D eigenvalue weighted by Crippen LogP contribution is 2.26. The van der Waals surface area contributed by atoms with Crippen LogP contribution in [-0.2, 0) is 4.79 Å². The second-order valence-corrected chi connectivity index (χ2v) is 7.67. The molecule has 2 aromatic carbocycles. The first-order chi connectivity index (χ1) is 12.6. The van der Waals surface area contributed by atoms with Crippen molar-refractivity contribution in [1.29, 1.82) is 0 Å². The minimum atomic E-state index is -0.126. The zero-order valence-corrected chi connectivity index (χ0v) is 16.4. The van der Waals surface area contributed by atoms with Gasteiger partial charge in [0.2, 0.25) is 5.91 Å². The fourth-order valence-electron chi connectivity index (χ4n) is 2.62. The van der Waals surface area contributed by atoms with Gasteiger partial charge in [0, 0.05) is 18.1 Å². The van der Waals surface area contributed by atoms with Gasteiger partial charge in [-0.1, -0.05) is 53.2 Å². The van der Waals surface area contributed by atoms with Crippen molar-refractivity contribution < 1.29 is 4.79 Å². The number of thioether (sulfide) groups is 1. The summed E-state index contributed by atoms with van der Waals surface area (Å²) in [6.07, 6.45) is 2.31. The topological polar surface area (TPSA) is 44.7 Å². The molecule has 0 radical (unpaired) electrons. The van der Waals surface area contributed by atoms with Crippen molar-refractivity contribution in [3.63, 3.8) is 0 Å². The third kappa shape index (κ3) is 5.40. The van der Waals surface area contributed by atoms with Gasteiger partial charge in [-0.15, -0.1) is 0 Å². The van der Waals surface area contributed by atoms with Gasteiger partial charge in [-0.2, -0.15) is 0 Å². The van der Waals surface area contributed by atoms with E-state index in [9.17, 15) is 4.79 Å². The monoisotopic (exact) mass is 407 g/mol. The molecule has 26 heavy (non-hydrogen) atoms. The van der Waals surface area contributed by atoms with Crippen LogP contribution in [0.1, 0.15) is 12.8 Å². The lowest BCUT2D eigenvalue weighted by atomic mass is 10.3. The van der Waals surface area contributed by atoms with Gasteiger partial charge in [-0.25, -0.2) is 4.99 Å². The highest BCUT2D eigenvalue weighted by Gasteiger charge is 2.18. The van der Waals surface area contributed by atoms with Crippen molar-refractivity contribution in [2.24, 2.45) is 4.99 Å². The van der Waals surface area contributed by atoms with Gasteiger partial charge in [-0.05, 0) is 43.2 Å². The van der Waals surface area contributed by atoms with Gasteiger partial charge in [0.1, 0.15) is 0 Å². The van der Waals surface area contributed by atoms with Crippen molar-refractivity contribution in [1.82, 2.24) is 4.90 Å². The number of carbonyl (C=O) groups is 1. The Hall–Kier alpha value is -1.69. The number of para-hydroxylation sites is 1. The molecule has 1 amide bonds. The van der Waals surface area contributed by atoms with E-state index in [1.54, 1.807) is 18.2 Å². The van der Waals surface area contributed by atoms with Crippen LogP contribution >= 0.6 is 35.0 Å². The molecule has 1 aliphatic rings. The van der Waals surface area contributed by atoms with E-state index >= 15 is 0 Å². The lowest BCUT2D eigenvalue weighted by molar-refractivity contribution is -0.113. The highest BCUT2D eigenvalue weighted by molar-refractivity contribution is 8.14. The summed E-state index contributed by atoms with van der Waals surface area (Å²) in [4.78, 5) is 19.3. The largest absolute Gasteiger partial charge is 0.351 e. The normalized spacial score (nSPS) is 14.5. The van der Waals surface area contributed by atoms with Gasteiger partial charge >= 0.3 is 0 Å². The quantitative estimate of drug-likeness (QED) is 0.541. The molecule has 0 aliphatic carbocycles. The van der Waals surface area contributed by atoms with E-state index in [-0.39, 0.29) is 11.7 Å². The second kappa shape index (κ2) is 9.31. The Labute approximate surface area is 167 Å². The Morgan fingerprint density at radius 1 is 1.12 bits per heavy atom. The van der Waals surface area contributed by atoms with Crippen molar-refractivity contribution >= 4 is 57.4 Å². The maximum absolute atomic E-state index is 12.3. The van der Waals surface area contributed by atoms with E-state index in [0.29, 0.717) is 15.7 Å². The number of halogens is 2. The van der Waals surface area contributed by atoms with E-state index < -0.39 is 0 Å². The molecule has 1 aliphatic heterocycles. The average Bonchev–Trinajstić information content (AvgIpc) is 3.16. The summed E-state index contributed by atoms with van der Waals surface area (Å²) in [7, 11) is 0. The summed E-state index contributed by atoms with van der Waals surface area (Å²) in [6, 6.07) is 14.8. The molecule has 1 saturated heterocycles. The Morgan fingerprint density at radius 3 is 2.54 bits per heavy atom. The maximum Gasteiger partial charge on any atom is 0.234 e. The van der Waals surface area contributed by atoms with Crippen LogP contribution < -0.4 is 5.32 Å². The fourth-order valence-corrected chi connectivity index (χ4v) is 3.95. The van der Waals surface area contributed by atoms with Crippen LogP contribution in [0.5, 0.6) is 0 Å². The highest BCUT2D eigenvalue weighted by atomic mass is 35.5. The zero-order chi connectivity index (χ0) is 18.4. The molecule has 2 aromatic rings. The number of anilines is 1. The van der Waals surface area contributed by atoms with Gasteiger partial charge in [0.25, 0.3) is 0 Å². The molecule has 4 nitrogen and oxygen atoms in total. The molecule has 1 N–H and O–H groups in total. The molecule has 0 saturated carbocycles. The predicted molar refractivity (Wildman–Crippen MR) is 112 cm³/mol. The molecular weight excluding hydrogens is 389 g/mol. The van der Waals surface area contributed by atoms with Gasteiger partial charge in [0.05, 0.1) is 22.2 Å². The minimum Gasteiger partial charge on any atom is -0.351 e. The van der Waals surface area contributed by atoms with Gasteiger partial charge in [0.15, 0.2) is 5.17 Å². The van der Waals surface area contributed by atoms with E-state index in [2.05, 4.69) is 10.2 Å². The molecule has 0 atom stereocenters. The summed E-state index contributed by atoms with van der Waals surface area (Å²) in [5.41, 5.74) is 1.45. The third-order valence-electron chi connectivity index (χ3n) is 3.90. The van der Waals surface area contributed by atoms with E-state index in [4.69, 9.17) is 28.2 Å². The number of benzene rings is 2. The molecule has 1 heterocycles. The van der Waals surface area contributed by atoms with Crippen molar-refractivity contribution in [3.05, 3.63) is 58.6 Å². The molecule has 3 rings (SSSR count). The van der Waals surface area contributed by atoms with E-state index in [0.717, 1.165) is 36.8 Å². The predicted octanol–water partition coefficient (Wildman–Crippen LogP) is 5.45. The number of nitrogens with zero attached hydrogens (tertiary/aromatic N) is 2. The van der Waals surface area contributed by atoms with Crippen LogP contribution in [0.25, 0.3) is 0 Å². The first-order valence-corrected chi connectivity index (χ1v) is 10.1. The van der Waals surface area contributed by atoms with Crippen LogP contribution in [-0.4, -0.2) is 34.8 Å². The molecule has 7 heteroatoms. The standard InChI is InChI=1S/C19H19Cl2N3OS/c20-14-8-9-17(16(21)12-14)23-18(25)13-26-19(24-10-4-5-11-24)22-15-6-2-1-3-7-15/h1-3,6-9,12H,4-5,10-11,13H2,(H,23,25). The second-order valence-electron chi connectivity index (χ2n) is 5.89. The lowest BCUT2D eigenvalue weighted by Gasteiger charge is -2.19. The van der Waals surface area contributed by atoms with Crippen molar-refractivity contribution in [2.75, 3.05) is 24.2 Å². The summed E-state index contributed by atoms with van der Waals surface area (Å²) >= 11 is 13.4. The molecule has 136 valence electrons. The number of hydrogen-bond acceptors (Lipinski definition) is 3. The van der Waals surface area contributed by atoms with E-state index in [1.807, 2.05) is 30.3 Å². The van der Waals surface area contributed by atoms with Gasteiger partial charge in [-0.3, -0.25) is 4.79 Å². The Bertz CT molecular complexity index is 793. The number of amides is 1. The van der Waals surface area contributed by atoms with Crippen molar-refractivity contribution in [2.45, 2.75) is 12.8 Å². The average molecular weight is 408 g/mol. The number of rotatable bonds is 4. The number of likely N-dealkylation sites (tertiary alicyclic amines) is 1. The summed E-state index contributed by atoms with van der Waals surface area (Å²) in [5.74, 6) is 0.139. The first-order valence-electron chi connectivity index (χ1n) is 8.38. The fraction of sp³-hybridized carbons (Fsp3) is 0.263. The minimum absolute atomic E-state index is 0.126. The molecule has 1 fully saturated rings. The van der Waals surface area contributed by atoms with E-state index in [1.165, 1.54) is 11.8 Å². The molecule has 0 aromatic heterocycles. The molecular formula is C19H19Cl2N3OS. The third-order valence-corrected chi connectivity index (χ3v) is 5.46. The van der Waals surface area contributed by atoms with Crippen molar-refractivity contribution in [3.8, 4) is 0 Å². The molecule has 0 unspecified atom stereocenters. The summed E-state index contributed by atoms with van der Waals surface area (Å²) in [6.45, 7) is 1.95. The van der Waals surface area contributed by atoms with Crippen LogP contribution in [0.2, 0.25) is 10.0 Å². The maximum atomic E-state index is 12.3. The van der Waals surface area contributed by atoms with Gasteiger partial charge < -0.3 is 10.2 Å². The number of aliphatic imine (C=N–C) groups is 1. The summed E-state index contributed by atoms with van der Waals surface area (Å²) < 4.78 is 0. The molecule has 0 spiro atoms. The van der Waals surface area contributed by atoms with Crippen LogP contribution in [0.4, 0.5) is 11.4 Å². The first kappa shape index (κ1) is 19.1. The number of carbonyl (C=O) groups excluding carboxylic acids is 1. The number of amidine groups is 1. The lowest BCUT2D eigenvalue weighted by Crippen LogP contribution is -2.27. The SMILES string of the molecule is O=C(CSC(=Nc1ccccc1)N1CCCC1)Nc1ccc(Cl)cc1Cl. The smallest absolute Gasteiger partial charge is 0.234 e.